The highest BCUT2D eigenvalue weighted by molar-refractivity contribution is 7.11. The Morgan fingerprint density at radius 2 is 2.00 bits per heavy atom. The summed E-state index contributed by atoms with van der Waals surface area (Å²) < 4.78 is 39.5. The molecule has 21 heavy (non-hydrogen) atoms. The second kappa shape index (κ2) is 5.12. The Morgan fingerprint density at radius 3 is 2.71 bits per heavy atom. The molecule has 1 aromatic carbocycles. The lowest BCUT2D eigenvalue weighted by atomic mass is 10.2. The van der Waals surface area contributed by atoms with Crippen LogP contribution in [-0.4, -0.2) is 14.5 Å². The first-order valence-corrected chi connectivity index (χ1v) is 6.95. The largest absolute Gasteiger partial charge is 0.443 e. The standard InChI is InChI=1S/C13H11F3N4S/c14-13(15,16)12-18-5-11(21-12)8(17)6-20-7-19-9-3-1-2-4-10(9)20/h1-5,7-8H,6,17H2. The maximum atomic E-state index is 12.5. The fourth-order valence-corrected chi connectivity index (χ4v) is 2.82. The van der Waals surface area contributed by atoms with E-state index in [1.807, 2.05) is 28.8 Å². The lowest BCUT2D eigenvalue weighted by molar-refractivity contribution is -0.137. The molecule has 4 nitrogen and oxygen atoms in total. The highest BCUT2D eigenvalue weighted by Gasteiger charge is 2.35. The van der Waals surface area contributed by atoms with Gasteiger partial charge in [0, 0.05) is 17.6 Å². The molecular weight excluding hydrogens is 301 g/mol. The van der Waals surface area contributed by atoms with Gasteiger partial charge >= 0.3 is 6.18 Å². The fourth-order valence-electron chi connectivity index (χ4n) is 2.05. The van der Waals surface area contributed by atoms with Gasteiger partial charge in [-0.2, -0.15) is 13.2 Å². The van der Waals surface area contributed by atoms with Crippen LogP contribution in [0.1, 0.15) is 15.9 Å². The number of nitrogens with zero attached hydrogens (tertiary/aromatic N) is 3. The van der Waals surface area contributed by atoms with Gasteiger partial charge in [0.15, 0.2) is 5.01 Å². The van der Waals surface area contributed by atoms with Gasteiger partial charge in [-0.3, -0.25) is 0 Å². The summed E-state index contributed by atoms with van der Waals surface area (Å²) in [6.45, 7) is 0.347. The lowest BCUT2D eigenvalue weighted by Crippen LogP contribution is -2.16. The molecule has 0 aliphatic carbocycles. The van der Waals surface area contributed by atoms with Crippen molar-refractivity contribution >= 4 is 22.4 Å². The average molecular weight is 312 g/mol. The summed E-state index contributed by atoms with van der Waals surface area (Å²) in [5.41, 5.74) is 7.71. The second-order valence-corrected chi connectivity index (χ2v) is 5.62. The Kier molecular flexibility index (Phi) is 3.42. The molecule has 2 N–H and O–H groups in total. The molecule has 2 heterocycles. The minimum atomic E-state index is -4.43. The number of aromatic nitrogens is 3. The summed E-state index contributed by atoms with van der Waals surface area (Å²) in [5.74, 6) is 0. The van der Waals surface area contributed by atoms with E-state index >= 15 is 0 Å². The molecule has 0 saturated carbocycles. The number of fused-ring (bicyclic) bond motifs is 1. The van der Waals surface area contributed by atoms with E-state index in [2.05, 4.69) is 9.97 Å². The van der Waals surface area contributed by atoms with Crippen LogP contribution in [0.5, 0.6) is 0 Å². The van der Waals surface area contributed by atoms with E-state index in [1.54, 1.807) is 6.33 Å². The SMILES string of the molecule is NC(Cn1cnc2ccccc21)c1cnc(C(F)(F)F)s1. The number of thiazole rings is 1. The van der Waals surface area contributed by atoms with Crippen molar-refractivity contribution in [2.75, 3.05) is 0 Å². The van der Waals surface area contributed by atoms with E-state index in [1.165, 1.54) is 6.20 Å². The summed E-state index contributed by atoms with van der Waals surface area (Å²) in [4.78, 5) is 8.02. The van der Waals surface area contributed by atoms with Gasteiger partial charge in [-0.15, -0.1) is 11.3 Å². The molecule has 0 radical (unpaired) electrons. The first-order valence-electron chi connectivity index (χ1n) is 6.13. The van der Waals surface area contributed by atoms with Crippen molar-refractivity contribution in [2.24, 2.45) is 5.73 Å². The molecule has 0 saturated heterocycles. The van der Waals surface area contributed by atoms with Crippen LogP contribution in [0.15, 0.2) is 36.8 Å². The van der Waals surface area contributed by atoms with Crippen LogP contribution in [0.3, 0.4) is 0 Å². The summed E-state index contributed by atoms with van der Waals surface area (Å²) in [5, 5.41) is -0.872. The van der Waals surface area contributed by atoms with Crippen molar-refractivity contribution in [1.82, 2.24) is 14.5 Å². The molecule has 3 aromatic rings. The molecule has 110 valence electrons. The van der Waals surface area contributed by atoms with E-state index in [-0.39, 0.29) is 0 Å². The molecule has 0 spiro atoms. The van der Waals surface area contributed by atoms with Crippen LogP contribution < -0.4 is 5.73 Å². The number of para-hydroxylation sites is 2. The zero-order valence-corrected chi connectivity index (χ0v) is 11.5. The normalized spacial score (nSPS) is 13.7. The van der Waals surface area contributed by atoms with E-state index < -0.39 is 17.2 Å². The summed E-state index contributed by atoms with van der Waals surface area (Å²) in [6, 6.07) is 6.95. The highest BCUT2D eigenvalue weighted by atomic mass is 32.1. The van der Waals surface area contributed by atoms with E-state index in [0.29, 0.717) is 22.8 Å². The first-order chi connectivity index (χ1) is 9.95. The molecule has 0 aliphatic heterocycles. The quantitative estimate of drug-likeness (QED) is 0.808. The van der Waals surface area contributed by atoms with Gasteiger partial charge in [0.05, 0.1) is 23.4 Å². The molecule has 0 bridgehead atoms. The second-order valence-electron chi connectivity index (χ2n) is 4.56. The van der Waals surface area contributed by atoms with Gasteiger partial charge in [0.25, 0.3) is 0 Å². The highest BCUT2D eigenvalue weighted by Crippen LogP contribution is 2.34. The Bertz CT molecular complexity index is 762. The van der Waals surface area contributed by atoms with Crippen molar-refractivity contribution in [3.8, 4) is 0 Å². The zero-order valence-electron chi connectivity index (χ0n) is 10.7. The molecule has 2 aromatic heterocycles. The molecule has 1 atom stereocenters. The lowest BCUT2D eigenvalue weighted by Gasteiger charge is -2.10. The first kappa shape index (κ1) is 14.0. The average Bonchev–Trinajstić information content (AvgIpc) is 3.05. The number of hydrogen-bond acceptors (Lipinski definition) is 4. The topological polar surface area (TPSA) is 56.7 Å². The Balaban J connectivity index is 1.83. The van der Waals surface area contributed by atoms with Gasteiger partial charge in [0.2, 0.25) is 0 Å². The van der Waals surface area contributed by atoms with Crippen molar-refractivity contribution in [3.63, 3.8) is 0 Å². The molecule has 0 amide bonds. The summed E-state index contributed by atoms with van der Waals surface area (Å²) >= 11 is 0.580. The molecule has 3 rings (SSSR count). The minimum absolute atomic E-state index is 0.347. The van der Waals surface area contributed by atoms with Gasteiger partial charge < -0.3 is 10.3 Å². The zero-order chi connectivity index (χ0) is 15.0. The van der Waals surface area contributed by atoms with Crippen molar-refractivity contribution < 1.29 is 13.2 Å². The number of halogens is 3. The third-order valence-electron chi connectivity index (χ3n) is 3.05. The predicted molar refractivity (Wildman–Crippen MR) is 73.8 cm³/mol. The number of rotatable bonds is 3. The molecule has 8 heteroatoms. The van der Waals surface area contributed by atoms with Gasteiger partial charge in [-0.1, -0.05) is 12.1 Å². The number of hydrogen-bond donors (Lipinski definition) is 1. The van der Waals surface area contributed by atoms with Crippen molar-refractivity contribution in [3.05, 3.63) is 46.7 Å². The summed E-state index contributed by atoms with van der Waals surface area (Å²) in [6.07, 6.45) is -1.60. The van der Waals surface area contributed by atoms with Crippen LogP contribution in [-0.2, 0) is 12.7 Å². The van der Waals surface area contributed by atoms with Crippen LogP contribution in [0.25, 0.3) is 11.0 Å². The molecule has 0 aliphatic rings. The number of nitrogens with two attached hydrogens (primary N) is 1. The van der Waals surface area contributed by atoms with E-state index in [9.17, 15) is 13.2 Å². The minimum Gasteiger partial charge on any atom is -0.329 e. The monoisotopic (exact) mass is 312 g/mol. The third kappa shape index (κ3) is 2.77. The maximum absolute atomic E-state index is 12.5. The Labute approximate surface area is 122 Å². The Morgan fingerprint density at radius 1 is 1.24 bits per heavy atom. The number of benzene rings is 1. The maximum Gasteiger partial charge on any atom is 0.443 e. The number of alkyl halides is 3. The smallest absolute Gasteiger partial charge is 0.329 e. The van der Waals surface area contributed by atoms with Crippen molar-refractivity contribution in [1.29, 1.82) is 0 Å². The number of imidazole rings is 1. The van der Waals surface area contributed by atoms with Crippen LogP contribution in [0.2, 0.25) is 0 Å². The van der Waals surface area contributed by atoms with E-state index in [0.717, 1.165) is 11.0 Å². The Hall–Kier alpha value is -1.93. The van der Waals surface area contributed by atoms with Crippen LogP contribution in [0.4, 0.5) is 13.2 Å². The third-order valence-corrected chi connectivity index (χ3v) is 4.23. The fraction of sp³-hybridized carbons (Fsp3) is 0.231. The van der Waals surface area contributed by atoms with Crippen molar-refractivity contribution in [2.45, 2.75) is 18.8 Å². The summed E-state index contributed by atoms with van der Waals surface area (Å²) in [7, 11) is 0. The molecule has 1 unspecified atom stereocenters. The van der Waals surface area contributed by atoms with Gasteiger partial charge in [-0.05, 0) is 12.1 Å². The van der Waals surface area contributed by atoms with E-state index in [4.69, 9.17) is 5.73 Å². The van der Waals surface area contributed by atoms with Crippen LogP contribution >= 0.6 is 11.3 Å². The molecular formula is C13H11F3N4S. The van der Waals surface area contributed by atoms with Gasteiger partial charge in [-0.25, -0.2) is 9.97 Å². The molecule has 0 fully saturated rings. The van der Waals surface area contributed by atoms with Crippen LogP contribution in [0, 0.1) is 0 Å². The van der Waals surface area contributed by atoms with Gasteiger partial charge in [0.1, 0.15) is 0 Å². The predicted octanol–water partition coefficient (Wildman–Crippen LogP) is 3.21.